The number of hydrogen-bond acceptors (Lipinski definition) is 6. The molecule has 1 atom stereocenters. The van der Waals surface area contributed by atoms with Gasteiger partial charge in [-0.05, 0) is 41.3 Å². The fourth-order valence-corrected chi connectivity index (χ4v) is 4.77. The molecule has 3 rings (SSSR count). The van der Waals surface area contributed by atoms with Crippen molar-refractivity contribution in [1.82, 2.24) is 4.90 Å². The first-order valence-electron chi connectivity index (χ1n) is 9.38. The van der Waals surface area contributed by atoms with E-state index in [0.717, 1.165) is 11.1 Å². The molecule has 0 saturated heterocycles. The number of fused-ring (bicyclic) bond motifs is 1. The summed E-state index contributed by atoms with van der Waals surface area (Å²) >= 11 is 0. The minimum atomic E-state index is -3.19. The third kappa shape index (κ3) is 5.42. The van der Waals surface area contributed by atoms with Crippen molar-refractivity contribution in [2.24, 2.45) is 5.73 Å². The van der Waals surface area contributed by atoms with Crippen LogP contribution < -0.4 is 15.2 Å². The van der Waals surface area contributed by atoms with E-state index in [1.807, 2.05) is 37.3 Å². The molecule has 0 radical (unpaired) electrons. The Morgan fingerprint density at radius 1 is 1.17 bits per heavy atom. The maximum absolute atomic E-state index is 12.2. The molecule has 0 aromatic heterocycles. The van der Waals surface area contributed by atoms with Crippen molar-refractivity contribution in [2.75, 3.05) is 25.7 Å². The summed E-state index contributed by atoms with van der Waals surface area (Å²) in [5.74, 6) is 1.30. The second-order valence-corrected chi connectivity index (χ2v) is 9.30. The van der Waals surface area contributed by atoms with E-state index >= 15 is 0 Å². The number of benzene rings is 2. The van der Waals surface area contributed by atoms with Gasteiger partial charge in [0, 0.05) is 31.9 Å². The number of methoxy groups -OCH3 is 1. The summed E-state index contributed by atoms with van der Waals surface area (Å²) in [7, 11) is -1.60. The van der Waals surface area contributed by atoms with Gasteiger partial charge in [0.25, 0.3) is 0 Å². The molecule has 8 heteroatoms. The zero-order valence-corrected chi connectivity index (χ0v) is 18.7. The zero-order valence-electron chi connectivity index (χ0n) is 17.1. The van der Waals surface area contributed by atoms with Crippen LogP contribution in [-0.2, 0) is 29.5 Å². The van der Waals surface area contributed by atoms with Crippen molar-refractivity contribution in [3.63, 3.8) is 0 Å². The highest BCUT2D eigenvalue weighted by Crippen LogP contribution is 2.37. The van der Waals surface area contributed by atoms with Gasteiger partial charge in [-0.1, -0.05) is 24.3 Å². The van der Waals surface area contributed by atoms with E-state index in [2.05, 4.69) is 11.0 Å². The minimum Gasteiger partial charge on any atom is -0.493 e. The molecule has 0 spiro atoms. The first-order valence-corrected chi connectivity index (χ1v) is 11.4. The Labute approximate surface area is 179 Å². The summed E-state index contributed by atoms with van der Waals surface area (Å²) in [6.45, 7) is 4.26. The third-order valence-corrected chi connectivity index (χ3v) is 6.02. The Balaban J connectivity index is 0.00000300. The Morgan fingerprint density at radius 3 is 2.55 bits per heavy atom. The van der Waals surface area contributed by atoms with E-state index in [4.69, 9.17) is 15.2 Å². The molecule has 2 aromatic rings. The maximum atomic E-state index is 12.2. The molecular formula is C21H29ClN2O4S. The highest BCUT2D eigenvalue weighted by molar-refractivity contribution is 7.90. The van der Waals surface area contributed by atoms with Gasteiger partial charge in [0.05, 0.1) is 19.5 Å². The highest BCUT2D eigenvalue weighted by Gasteiger charge is 2.31. The molecule has 0 saturated carbocycles. The smallest absolute Gasteiger partial charge is 0.161 e. The topological polar surface area (TPSA) is 81.9 Å². The second-order valence-electron chi connectivity index (χ2n) is 7.12. The van der Waals surface area contributed by atoms with Gasteiger partial charge in [0.1, 0.15) is 9.84 Å². The Hall–Kier alpha value is -1.80. The number of ether oxygens (including phenoxy) is 2. The van der Waals surface area contributed by atoms with Crippen LogP contribution in [0.5, 0.6) is 11.5 Å². The average molecular weight is 441 g/mol. The molecule has 0 bridgehead atoms. The van der Waals surface area contributed by atoms with E-state index in [1.54, 1.807) is 7.11 Å². The number of sulfone groups is 1. The van der Waals surface area contributed by atoms with Crippen molar-refractivity contribution >= 4 is 22.2 Å². The largest absolute Gasteiger partial charge is 0.493 e. The fraction of sp³-hybridized carbons (Fsp3) is 0.429. The van der Waals surface area contributed by atoms with E-state index in [0.29, 0.717) is 37.7 Å². The fourth-order valence-electron chi connectivity index (χ4n) is 3.80. The summed E-state index contributed by atoms with van der Waals surface area (Å²) < 4.78 is 35.5. The van der Waals surface area contributed by atoms with Gasteiger partial charge >= 0.3 is 0 Å². The van der Waals surface area contributed by atoms with Crippen LogP contribution in [0.3, 0.4) is 0 Å². The van der Waals surface area contributed by atoms with Gasteiger partial charge < -0.3 is 15.2 Å². The molecule has 1 aliphatic heterocycles. The molecule has 1 heterocycles. The van der Waals surface area contributed by atoms with Crippen LogP contribution in [0.25, 0.3) is 0 Å². The summed E-state index contributed by atoms with van der Waals surface area (Å²) in [5.41, 5.74) is 10.3. The quantitative estimate of drug-likeness (QED) is 0.679. The molecule has 0 amide bonds. The summed E-state index contributed by atoms with van der Waals surface area (Å²) in [4.78, 5) is 2.20. The molecule has 160 valence electrons. The number of nitrogens with zero attached hydrogens (tertiary/aromatic N) is 1. The predicted octanol–water partition coefficient (Wildman–Crippen LogP) is 3.08. The first kappa shape index (κ1) is 23.5. The molecular weight excluding hydrogens is 412 g/mol. The van der Waals surface area contributed by atoms with Gasteiger partial charge in [-0.15, -0.1) is 12.4 Å². The average Bonchev–Trinajstić information content (AvgIpc) is 3.09. The SMILES string of the molecule is CCOc1cc(C(CS(C)(=O)=O)N2Cc3cccc(CN)c3C2)ccc1OC.Cl. The lowest BCUT2D eigenvalue weighted by Gasteiger charge is -2.28. The van der Waals surface area contributed by atoms with Crippen LogP contribution in [0.2, 0.25) is 0 Å². The Kier molecular flexibility index (Phi) is 7.94. The van der Waals surface area contributed by atoms with E-state index < -0.39 is 9.84 Å². The van der Waals surface area contributed by atoms with Crippen LogP contribution in [0.4, 0.5) is 0 Å². The van der Waals surface area contributed by atoms with Gasteiger partial charge in [0.15, 0.2) is 11.5 Å². The van der Waals surface area contributed by atoms with Gasteiger partial charge in [-0.2, -0.15) is 0 Å². The van der Waals surface area contributed by atoms with E-state index in [-0.39, 0.29) is 24.2 Å². The first-order chi connectivity index (χ1) is 13.4. The van der Waals surface area contributed by atoms with Crippen molar-refractivity contribution in [3.8, 4) is 11.5 Å². The highest BCUT2D eigenvalue weighted by atomic mass is 35.5. The van der Waals surface area contributed by atoms with Crippen LogP contribution >= 0.6 is 12.4 Å². The van der Waals surface area contributed by atoms with Gasteiger partial charge in [0.2, 0.25) is 0 Å². The predicted molar refractivity (Wildman–Crippen MR) is 117 cm³/mol. The Bertz CT molecular complexity index is 950. The number of nitrogens with two attached hydrogens (primary N) is 1. The maximum Gasteiger partial charge on any atom is 0.161 e. The lowest BCUT2D eigenvalue weighted by atomic mass is 10.0. The molecule has 6 nitrogen and oxygen atoms in total. The Morgan fingerprint density at radius 2 is 1.93 bits per heavy atom. The molecule has 2 N–H and O–H groups in total. The molecule has 1 unspecified atom stereocenters. The van der Waals surface area contributed by atoms with Crippen LogP contribution in [0.15, 0.2) is 36.4 Å². The number of halogens is 1. The van der Waals surface area contributed by atoms with Gasteiger partial charge in [-0.3, -0.25) is 4.90 Å². The van der Waals surface area contributed by atoms with Crippen molar-refractivity contribution < 1.29 is 17.9 Å². The summed E-state index contributed by atoms with van der Waals surface area (Å²) in [6, 6.07) is 11.5. The minimum absolute atomic E-state index is 0. The lowest BCUT2D eigenvalue weighted by molar-refractivity contribution is 0.215. The van der Waals surface area contributed by atoms with Crippen LogP contribution in [-0.4, -0.2) is 39.0 Å². The van der Waals surface area contributed by atoms with Crippen LogP contribution in [0.1, 0.15) is 35.2 Å². The molecule has 0 fully saturated rings. The zero-order chi connectivity index (χ0) is 20.3. The molecule has 2 aromatic carbocycles. The van der Waals surface area contributed by atoms with E-state index in [9.17, 15) is 8.42 Å². The van der Waals surface area contributed by atoms with Crippen LogP contribution in [0, 0.1) is 0 Å². The lowest BCUT2D eigenvalue weighted by Crippen LogP contribution is -2.29. The van der Waals surface area contributed by atoms with Gasteiger partial charge in [-0.25, -0.2) is 8.42 Å². The standard InChI is InChI=1S/C21H28N2O4S.ClH/c1-4-27-21-10-15(8-9-20(21)26-2)19(14-28(3,24)25)23-12-17-7-5-6-16(11-22)18(17)13-23;/h5-10,19H,4,11-14,22H2,1-3H3;1H. The van der Waals surface area contributed by atoms with Crippen molar-refractivity contribution in [1.29, 1.82) is 0 Å². The third-order valence-electron chi connectivity index (χ3n) is 5.10. The second kappa shape index (κ2) is 9.80. The van der Waals surface area contributed by atoms with Crippen molar-refractivity contribution in [2.45, 2.75) is 32.6 Å². The summed E-state index contributed by atoms with van der Waals surface area (Å²) in [5, 5.41) is 0. The molecule has 1 aliphatic rings. The monoisotopic (exact) mass is 440 g/mol. The molecule has 29 heavy (non-hydrogen) atoms. The molecule has 0 aliphatic carbocycles. The normalized spacial score (nSPS) is 14.8. The van der Waals surface area contributed by atoms with E-state index in [1.165, 1.54) is 17.4 Å². The summed E-state index contributed by atoms with van der Waals surface area (Å²) in [6.07, 6.45) is 1.28. The number of hydrogen-bond donors (Lipinski definition) is 1. The van der Waals surface area contributed by atoms with Crippen molar-refractivity contribution in [3.05, 3.63) is 58.7 Å². The number of rotatable bonds is 8.